The summed E-state index contributed by atoms with van der Waals surface area (Å²) in [4.78, 5) is 28.0. The van der Waals surface area contributed by atoms with Gasteiger partial charge >= 0.3 is 0 Å². The van der Waals surface area contributed by atoms with E-state index in [0.717, 1.165) is 45.0 Å². The molecule has 24 heavy (non-hydrogen) atoms. The van der Waals surface area contributed by atoms with E-state index in [4.69, 9.17) is 0 Å². The van der Waals surface area contributed by atoms with Crippen LogP contribution in [0.5, 0.6) is 0 Å². The lowest BCUT2D eigenvalue weighted by atomic mass is 9.94. The lowest BCUT2D eigenvalue weighted by Crippen LogP contribution is -2.43. The molecule has 0 spiro atoms. The van der Waals surface area contributed by atoms with E-state index in [9.17, 15) is 9.59 Å². The summed E-state index contributed by atoms with van der Waals surface area (Å²) in [7, 11) is 2.17. The summed E-state index contributed by atoms with van der Waals surface area (Å²) >= 11 is 0. The number of aldehydes is 1. The fraction of sp³-hybridized carbons (Fsp3) is 0.632. The molecule has 3 heterocycles. The molecule has 0 saturated carbocycles. The number of hydrogen-bond donors (Lipinski definition) is 0. The van der Waals surface area contributed by atoms with Crippen LogP contribution in [0.3, 0.4) is 0 Å². The van der Waals surface area contributed by atoms with Crippen LogP contribution in [0, 0.1) is 0 Å². The molecule has 2 fully saturated rings. The highest BCUT2D eigenvalue weighted by atomic mass is 16.1. The minimum Gasteiger partial charge on any atom is -0.344 e. The van der Waals surface area contributed by atoms with Crippen molar-refractivity contribution in [1.82, 2.24) is 14.8 Å². The predicted octanol–water partition coefficient (Wildman–Crippen LogP) is 2.72. The third-order valence-corrected chi connectivity index (χ3v) is 4.22. The minimum atomic E-state index is 0.504. The van der Waals surface area contributed by atoms with Gasteiger partial charge in [-0.3, -0.25) is 9.78 Å². The van der Waals surface area contributed by atoms with Crippen LogP contribution in [-0.4, -0.2) is 60.7 Å². The first-order valence-electron chi connectivity index (χ1n) is 8.92. The summed E-state index contributed by atoms with van der Waals surface area (Å²) in [5.41, 5.74) is 1.23. The van der Waals surface area contributed by atoms with Gasteiger partial charge in [-0.05, 0) is 51.0 Å². The van der Waals surface area contributed by atoms with Crippen LogP contribution in [-0.2, 0) is 9.59 Å². The molecule has 0 bridgehead atoms. The van der Waals surface area contributed by atoms with Crippen molar-refractivity contribution in [3.8, 4) is 0 Å². The number of nitrogens with zero attached hydrogens (tertiary/aromatic N) is 3. The van der Waals surface area contributed by atoms with Crippen LogP contribution in [0.2, 0.25) is 0 Å². The Bertz CT molecular complexity index is 441. The van der Waals surface area contributed by atoms with Gasteiger partial charge in [-0.15, -0.1) is 0 Å². The zero-order valence-corrected chi connectivity index (χ0v) is 15.1. The lowest BCUT2D eigenvalue weighted by molar-refractivity contribution is -0.122. The SMILES string of the molecule is CCCCC=O.CN1CCCC1.O=CN1CC(c2cccnc2)C1. The van der Waals surface area contributed by atoms with E-state index >= 15 is 0 Å². The highest BCUT2D eigenvalue weighted by Crippen LogP contribution is 2.24. The number of likely N-dealkylation sites (tertiary alicyclic amines) is 2. The second-order valence-electron chi connectivity index (χ2n) is 6.36. The first-order valence-corrected chi connectivity index (χ1v) is 8.92. The van der Waals surface area contributed by atoms with Gasteiger partial charge in [0.15, 0.2) is 0 Å². The van der Waals surface area contributed by atoms with Crippen LogP contribution in [0.1, 0.15) is 50.5 Å². The first-order chi connectivity index (χ1) is 11.7. The van der Waals surface area contributed by atoms with Gasteiger partial charge in [-0.25, -0.2) is 0 Å². The Hall–Kier alpha value is -1.75. The molecule has 2 aliphatic heterocycles. The lowest BCUT2D eigenvalue weighted by Gasteiger charge is -2.36. The molecule has 1 aromatic heterocycles. The number of aromatic nitrogens is 1. The van der Waals surface area contributed by atoms with E-state index in [1.54, 1.807) is 11.1 Å². The van der Waals surface area contributed by atoms with Gasteiger partial charge in [-0.2, -0.15) is 0 Å². The average molecular weight is 333 g/mol. The van der Waals surface area contributed by atoms with E-state index in [-0.39, 0.29) is 0 Å². The van der Waals surface area contributed by atoms with Crippen molar-refractivity contribution in [1.29, 1.82) is 0 Å². The molecular weight excluding hydrogens is 302 g/mol. The van der Waals surface area contributed by atoms with E-state index in [1.165, 1.54) is 31.5 Å². The zero-order valence-electron chi connectivity index (χ0n) is 15.1. The monoisotopic (exact) mass is 333 g/mol. The van der Waals surface area contributed by atoms with Gasteiger partial charge in [0.05, 0.1) is 0 Å². The normalized spacial score (nSPS) is 17.0. The smallest absolute Gasteiger partial charge is 0.209 e. The molecule has 3 rings (SSSR count). The molecule has 0 N–H and O–H groups in total. The van der Waals surface area contributed by atoms with Crippen molar-refractivity contribution >= 4 is 12.7 Å². The molecule has 5 heteroatoms. The van der Waals surface area contributed by atoms with Crippen LogP contribution in [0.25, 0.3) is 0 Å². The molecule has 1 aromatic rings. The van der Waals surface area contributed by atoms with Crippen LogP contribution in [0.15, 0.2) is 24.5 Å². The van der Waals surface area contributed by atoms with Gasteiger partial charge < -0.3 is 14.6 Å². The summed E-state index contributed by atoms with van der Waals surface area (Å²) in [6.45, 7) is 6.40. The Morgan fingerprint density at radius 3 is 2.33 bits per heavy atom. The third-order valence-electron chi connectivity index (χ3n) is 4.22. The quantitative estimate of drug-likeness (QED) is 0.614. The van der Waals surface area contributed by atoms with E-state index in [1.807, 2.05) is 12.3 Å². The molecule has 5 nitrogen and oxygen atoms in total. The van der Waals surface area contributed by atoms with Gasteiger partial charge in [0.25, 0.3) is 0 Å². The van der Waals surface area contributed by atoms with Crippen molar-refractivity contribution < 1.29 is 9.59 Å². The predicted molar refractivity (Wildman–Crippen MR) is 96.9 cm³/mol. The zero-order chi connectivity index (χ0) is 17.6. The molecule has 0 aliphatic carbocycles. The maximum absolute atomic E-state index is 10.3. The molecule has 0 aromatic carbocycles. The molecule has 2 saturated heterocycles. The van der Waals surface area contributed by atoms with Crippen molar-refractivity contribution in [3.63, 3.8) is 0 Å². The highest BCUT2D eigenvalue weighted by molar-refractivity contribution is 5.50. The summed E-state index contributed by atoms with van der Waals surface area (Å²) in [5, 5.41) is 0. The number of carbonyl (C=O) groups is 2. The summed E-state index contributed by atoms with van der Waals surface area (Å²) < 4.78 is 0. The van der Waals surface area contributed by atoms with Crippen LogP contribution >= 0.6 is 0 Å². The fourth-order valence-corrected chi connectivity index (χ4v) is 2.59. The largest absolute Gasteiger partial charge is 0.344 e. The number of pyridine rings is 1. The maximum Gasteiger partial charge on any atom is 0.209 e. The van der Waals surface area contributed by atoms with Gasteiger partial charge in [0.2, 0.25) is 6.41 Å². The second-order valence-corrected chi connectivity index (χ2v) is 6.36. The number of amides is 1. The Kier molecular flexibility index (Phi) is 10.7. The van der Waals surface area contributed by atoms with E-state index in [2.05, 4.69) is 29.9 Å². The molecule has 0 radical (unpaired) electrons. The van der Waals surface area contributed by atoms with Crippen molar-refractivity contribution in [3.05, 3.63) is 30.1 Å². The van der Waals surface area contributed by atoms with Crippen LogP contribution < -0.4 is 0 Å². The second kappa shape index (κ2) is 12.6. The van der Waals surface area contributed by atoms with E-state index < -0.39 is 0 Å². The van der Waals surface area contributed by atoms with Gasteiger partial charge in [0.1, 0.15) is 6.29 Å². The van der Waals surface area contributed by atoms with Gasteiger partial charge in [-0.1, -0.05) is 19.4 Å². The number of unbranched alkanes of at least 4 members (excludes halogenated alkanes) is 2. The van der Waals surface area contributed by atoms with E-state index in [0.29, 0.717) is 5.92 Å². The maximum atomic E-state index is 10.3. The minimum absolute atomic E-state index is 0.504. The molecule has 0 unspecified atom stereocenters. The van der Waals surface area contributed by atoms with Crippen molar-refractivity contribution in [2.45, 2.75) is 44.9 Å². The van der Waals surface area contributed by atoms with Crippen LogP contribution in [0.4, 0.5) is 0 Å². The number of hydrogen-bond acceptors (Lipinski definition) is 4. The Morgan fingerprint density at radius 1 is 1.25 bits per heavy atom. The Labute approximate surface area is 146 Å². The fourth-order valence-electron chi connectivity index (χ4n) is 2.59. The average Bonchev–Trinajstić information content (AvgIpc) is 3.05. The summed E-state index contributed by atoms with van der Waals surface area (Å²) in [6, 6.07) is 3.98. The van der Waals surface area contributed by atoms with Crippen molar-refractivity contribution in [2.24, 2.45) is 0 Å². The molecular formula is C19H31N3O2. The van der Waals surface area contributed by atoms with Crippen molar-refractivity contribution in [2.75, 3.05) is 33.2 Å². The van der Waals surface area contributed by atoms with Gasteiger partial charge in [0, 0.05) is 37.8 Å². The third kappa shape index (κ3) is 8.20. The summed E-state index contributed by atoms with van der Waals surface area (Å²) in [6.07, 6.45) is 11.2. The molecule has 0 atom stereocenters. The Balaban J connectivity index is 0.000000203. The Morgan fingerprint density at radius 2 is 1.96 bits per heavy atom. The number of carbonyl (C=O) groups excluding carboxylic acids is 2. The molecule has 1 amide bonds. The highest BCUT2D eigenvalue weighted by Gasteiger charge is 2.26. The molecule has 134 valence electrons. The number of rotatable bonds is 5. The summed E-state index contributed by atoms with van der Waals surface area (Å²) in [5.74, 6) is 0.504. The molecule has 2 aliphatic rings. The first kappa shape index (κ1) is 20.3. The topological polar surface area (TPSA) is 53.5 Å². The standard InChI is InChI=1S/C9H10N2O.C5H11N.C5H10O/c12-7-11-5-9(6-11)8-2-1-3-10-4-8;1-6-4-2-3-5-6;1-2-3-4-5-6/h1-4,7,9H,5-6H2;2-5H2,1H3;5H,2-4H2,1H3.